The van der Waals surface area contributed by atoms with Crippen molar-refractivity contribution in [1.82, 2.24) is 20.1 Å². The Hall–Kier alpha value is -3.05. The van der Waals surface area contributed by atoms with Gasteiger partial charge in [-0.3, -0.25) is 14.7 Å². The molecule has 0 spiro atoms. The van der Waals surface area contributed by atoms with Crippen molar-refractivity contribution in [2.24, 2.45) is 0 Å². The van der Waals surface area contributed by atoms with Gasteiger partial charge in [-0.15, -0.1) is 0 Å². The number of halogens is 7. The highest BCUT2D eigenvalue weighted by Crippen LogP contribution is 2.31. The number of nitrogens with zero attached hydrogens (tertiary/aromatic N) is 3. The monoisotopic (exact) mass is 492 g/mol. The molecule has 2 heterocycles. The average molecular weight is 493 g/mol. The predicted octanol–water partition coefficient (Wildman–Crippen LogP) is 4.93. The molecule has 1 aromatic carbocycles. The number of H-pyrrole nitrogens is 1. The number of rotatable bonds is 6. The van der Waals surface area contributed by atoms with Crippen molar-refractivity contribution in [3.63, 3.8) is 0 Å². The first-order valence-electron chi connectivity index (χ1n) is 8.65. The van der Waals surface area contributed by atoms with Crippen LogP contribution in [-0.4, -0.2) is 38.3 Å². The minimum atomic E-state index is -4.95. The lowest BCUT2D eigenvalue weighted by Crippen LogP contribution is -2.36. The Morgan fingerprint density at radius 1 is 1.09 bits per heavy atom. The summed E-state index contributed by atoms with van der Waals surface area (Å²) >= 11 is 11.9. The van der Waals surface area contributed by atoms with Crippen LogP contribution in [0.3, 0.4) is 0 Å². The largest absolute Gasteiger partial charge is 0.433 e. The van der Waals surface area contributed by atoms with Crippen molar-refractivity contribution in [3.05, 3.63) is 80.9 Å². The summed E-state index contributed by atoms with van der Waals surface area (Å²) in [6, 6.07) is 3.58. The highest BCUT2D eigenvalue weighted by Gasteiger charge is 2.39. The van der Waals surface area contributed by atoms with Gasteiger partial charge < -0.3 is 4.90 Å². The molecule has 0 unspecified atom stereocenters. The molecule has 0 aliphatic carbocycles. The fourth-order valence-corrected chi connectivity index (χ4v) is 3.44. The highest BCUT2D eigenvalue weighted by atomic mass is 35.5. The number of benzene rings is 1. The number of carbonyl (C=O) groups is 2. The molecule has 0 radical (unpaired) electrons. The van der Waals surface area contributed by atoms with Crippen LogP contribution in [0.15, 0.2) is 36.7 Å². The molecule has 1 amide bonds. The minimum Gasteiger partial charge on any atom is -0.326 e. The summed E-state index contributed by atoms with van der Waals surface area (Å²) < 4.78 is 66.8. The molecule has 168 valence electrons. The van der Waals surface area contributed by atoms with Gasteiger partial charge in [0.15, 0.2) is 11.5 Å². The van der Waals surface area contributed by atoms with Gasteiger partial charge >= 0.3 is 6.18 Å². The molecule has 0 atom stereocenters. The van der Waals surface area contributed by atoms with Gasteiger partial charge in [0, 0.05) is 18.8 Å². The lowest BCUT2D eigenvalue weighted by molar-refractivity contribution is -0.141. The summed E-state index contributed by atoms with van der Waals surface area (Å²) in [6.07, 6.45) is -3.09. The van der Waals surface area contributed by atoms with Gasteiger partial charge in [-0.2, -0.15) is 18.3 Å². The van der Waals surface area contributed by atoms with Gasteiger partial charge in [0.1, 0.15) is 16.8 Å². The summed E-state index contributed by atoms with van der Waals surface area (Å²) in [5.74, 6) is -4.07. The molecular formula is C19H11Cl2F5N4O2. The number of aromatic nitrogens is 3. The number of alkyl halides is 3. The van der Waals surface area contributed by atoms with E-state index in [1.165, 1.54) is 12.3 Å². The lowest BCUT2D eigenvalue weighted by atomic mass is 10.1. The fourth-order valence-electron chi connectivity index (χ4n) is 2.87. The number of pyridine rings is 1. The molecule has 0 aliphatic heterocycles. The van der Waals surface area contributed by atoms with Crippen LogP contribution in [-0.2, 0) is 12.7 Å². The van der Waals surface area contributed by atoms with Crippen LogP contribution >= 0.6 is 23.2 Å². The first kappa shape index (κ1) is 23.6. The van der Waals surface area contributed by atoms with Crippen LogP contribution in [0.1, 0.15) is 32.0 Å². The van der Waals surface area contributed by atoms with Crippen molar-refractivity contribution in [1.29, 1.82) is 0 Å². The third-order valence-electron chi connectivity index (χ3n) is 4.20. The van der Waals surface area contributed by atoms with E-state index >= 15 is 0 Å². The van der Waals surface area contributed by atoms with Crippen LogP contribution in [0.25, 0.3) is 0 Å². The quantitative estimate of drug-likeness (QED) is 0.300. The third kappa shape index (κ3) is 5.22. The van der Waals surface area contributed by atoms with Crippen LogP contribution < -0.4 is 0 Å². The minimum absolute atomic E-state index is 0.0986. The fraction of sp³-hybridized carbons (Fsp3) is 0.158. The zero-order valence-corrected chi connectivity index (χ0v) is 17.2. The maximum atomic E-state index is 13.6. The molecule has 0 aliphatic rings. The first-order valence-corrected chi connectivity index (χ1v) is 9.41. The summed E-state index contributed by atoms with van der Waals surface area (Å²) in [4.78, 5) is 30.1. The van der Waals surface area contributed by atoms with Gasteiger partial charge in [0.05, 0.1) is 28.9 Å². The molecule has 0 fully saturated rings. The maximum Gasteiger partial charge on any atom is 0.433 e. The Balaban J connectivity index is 2.00. The van der Waals surface area contributed by atoms with Gasteiger partial charge in [0.2, 0.25) is 0 Å². The Kier molecular flexibility index (Phi) is 6.79. The van der Waals surface area contributed by atoms with Gasteiger partial charge in [-0.1, -0.05) is 23.2 Å². The zero-order valence-electron chi connectivity index (χ0n) is 15.7. The Morgan fingerprint density at radius 2 is 1.75 bits per heavy atom. The molecule has 6 nitrogen and oxygen atoms in total. The second kappa shape index (κ2) is 9.21. The molecule has 2 aromatic heterocycles. The number of aromatic amines is 1. The van der Waals surface area contributed by atoms with E-state index in [-0.39, 0.29) is 21.3 Å². The standard InChI is InChI=1S/C19H11Cl2F5N4O2/c20-13-1-2-27-17(21)15(13)14(31)8-30(7-9-3-10(22)5-11(23)4-9)18(32)12-6-28-29-16(12)19(24,25)26/h1-6H,7-8H2,(H,28,29). The van der Waals surface area contributed by atoms with E-state index in [4.69, 9.17) is 23.2 Å². The van der Waals surface area contributed by atoms with Crippen LogP contribution in [0.2, 0.25) is 10.2 Å². The molecule has 0 bridgehead atoms. The van der Waals surface area contributed by atoms with Gasteiger partial charge in [-0.05, 0) is 23.8 Å². The maximum absolute atomic E-state index is 13.6. The van der Waals surface area contributed by atoms with Crippen LogP contribution in [0.4, 0.5) is 22.0 Å². The normalized spacial score (nSPS) is 11.5. The lowest BCUT2D eigenvalue weighted by Gasteiger charge is -2.23. The highest BCUT2D eigenvalue weighted by molar-refractivity contribution is 6.39. The molecule has 0 saturated carbocycles. The van der Waals surface area contributed by atoms with E-state index < -0.39 is 53.8 Å². The number of carbonyl (C=O) groups excluding carboxylic acids is 2. The number of hydrogen-bond acceptors (Lipinski definition) is 4. The molecule has 13 heteroatoms. The van der Waals surface area contributed by atoms with Gasteiger partial charge in [-0.25, -0.2) is 13.8 Å². The van der Waals surface area contributed by atoms with Gasteiger partial charge in [0.25, 0.3) is 5.91 Å². The second-order valence-electron chi connectivity index (χ2n) is 6.48. The van der Waals surface area contributed by atoms with Crippen molar-refractivity contribution in [2.75, 3.05) is 6.54 Å². The second-order valence-corrected chi connectivity index (χ2v) is 7.24. The smallest absolute Gasteiger partial charge is 0.326 e. The summed E-state index contributed by atoms with van der Waals surface area (Å²) in [7, 11) is 0. The third-order valence-corrected chi connectivity index (χ3v) is 4.80. The van der Waals surface area contributed by atoms with E-state index in [1.807, 2.05) is 0 Å². The molecule has 3 rings (SSSR count). The van der Waals surface area contributed by atoms with E-state index in [0.717, 1.165) is 12.1 Å². The van der Waals surface area contributed by atoms with Crippen molar-refractivity contribution in [2.45, 2.75) is 12.7 Å². The first-order chi connectivity index (χ1) is 15.0. The number of nitrogens with one attached hydrogen (secondary N) is 1. The van der Waals surface area contributed by atoms with Crippen LogP contribution in [0, 0.1) is 11.6 Å². The Bertz CT molecular complexity index is 1140. The topological polar surface area (TPSA) is 79.0 Å². The molecule has 0 saturated heterocycles. The number of Topliss-reactive ketones (excluding diaryl/α,β-unsaturated/α-hetero) is 1. The summed E-state index contributed by atoms with van der Waals surface area (Å²) in [5.41, 5.74) is -2.69. The number of hydrogen-bond donors (Lipinski definition) is 1. The average Bonchev–Trinajstić information content (AvgIpc) is 3.16. The van der Waals surface area contributed by atoms with E-state index in [9.17, 15) is 31.5 Å². The molecule has 32 heavy (non-hydrogen) atoms. The Morgan fingerprint density at radius 3 is 2.34 bits per heavy atom. The van der Waals surface area contributed by atoms with E-state index in [0.29, 0.717) is 17.2 Å². The molecular weight excluding hydrogens is 482 g/mol. The van der Waals surface area contributed by atoms with Crippen molar-refractivity contribution < 1.29 is 31.5 Å². The van der Waals surface area contributed by atoms with Crippen molar-refractivity contribution >= 4 is 34.9 Å². The summed E-state index contributed by atoms with van der Waals surface area (Å²) in [5, 5.41) is 4.55. The number of ketones is 1. The SMILES string of the molecule is O=C(CN(Cc1cc(F)cc(F)c1)C(=O)c1cn[nH]c1C(F)(F)F)c1c(Cl)ccnc1Cl. The molecule has 1 N–H and O–H groups in total. The molecule has 3 aromatic rings. The van der Waals surface area contributed by atoms with E-state index in [2.05, 4.69) is 10.1 Å². The van der Waals surface area contributed by atoms with Crippen LogP contribution in [0.5, 0.6) is 0 Å². The van der Waals surface area contributed by atoms with E-state index in [1.54, 1.807) is 5.10 Å². The zero-order chi connectivity index (χ0) is 23.6. The number of amides is 1. The summed E-state index contributed by atoms with van der Waals surface area (Å²) in [6.45, 7) is -1.41. The Labute approximate surface area is 187 Å². The van der Waals surface area contributed by atoms with Crippen molar-refractivity contribution in [3.8, 4) is 0 Å². The predicted molar refractivity (Wildman–Crippen MR) is 103 cm³/mol.